The van der Waals surface area contributed by atoms with Gasteiger partial charge >= 0.3 is 5.97 Å². The molecular weight excluding hydrogens is 260 g/mol. The van der Waals surface area contributed by atoms with Crippen LogP contribution in [0.25, 0.3) is 10.8 Å². The topological polar surface area (TPSA) is 82.6 Å². The number of nitrogens with one attached hydrogen (secondary N) is 1. The number of benzene rings is 1. The van der Waals surface area contributed by atoms with Crippen LogP contribution in [0.3, 0.4) is 0 Å². The second kappa shape index (κ2) is 4.97. The molecule has 1 aromatic heterocycles. The Morgan fingerprint density at radius 3 is 3.00 bits per heavy atom. The van der Waals surface area contributed by atoms with Crippen molar-refractivity contribution < 1.29 is 14.6 Å². The van der Waals surface area contributed by atoms with Crippen LogP contribution in [0, 0.1) is 0 Å². The molecule has 6 heteroatoms. The minimum atomic E-state index is -0.960. The zero-order valence-electron chi connectivity index (χ0n) is 10.7. The lowest BCUT2D eigenvalue weighted by Gasteiger charge is -2.34. The quantitative estimate of drug-likeness (QED) is 0.847. The molecule has 1 aromatic carbocycles. The summed E-state index contributed by atoms with van der Waals surface area (Å²) in [7, 11) is 0. The fourth-order valence-electron chi connectivity index (χ4n) is 2.45. The van der Waals surface area contributed by atoms with E-state index in [1.165, 1.54) is 0 Å². The van der Waals surface area contributed by atoms with Gasteiger partial charge < -0.3 is 19.7 Å². The maximum Gasteiger partial charge on any atom is 0.328 e. The van der Waals surface area contributed by atoms with Crippen molar-refractivity contribution >= 4 is 22.6 Å². The van der Waals surface area contributed by atoms with Gasteiger partial charge in [-0.15, -0.1) is 0 Å². The summed E-state index contributed by atoms with van der Waals surface area (Å²) in [4.78, 5) is 27.8. The summed E-state index contributed by atoms with van der Waals surface area (Å²) in [5.41, 5.74) is -0.214. The third-order valence-corrected chi connectivity index (χ3v) is 3.46. The van der Waals surface area contributed by atoms with Crippen molar-refractivity contribution in [2.75, 3.05) is 24.7 Å². The number of carboxylic acids is 1. The second-order valence-electron chi connectivity index (χ2n) is 4.69. The van der Waals surface area contributed by atoms with Gasteiger partial charge in [-0.1, -0.05) is 18.2 Å². The van der Waals surface area contributed by atoms with Crippen molar-refractivity contribution in [3.63, 3.8) is 0 Å². The largest absolute Gasteiger partial charge is 0.480 e. The molecule has 0 aliphatic carbocycles. The highest BCUT2D eigenvalue weighted by Gasteiger charge is 2.30. The van der Waals surface area contributed by atoms with Crippen LogP contribution in [-0.4, -0.2) is 41.9 Å². The number of hydrogen-bond acceptors (Lipinski definition) is 4. The number of carboxylic acid groups (broad SMARTS) is 1. The van der Waals surface area contributed by atoms with Crippen LogP contribution >= 0.6 is 0 Å². The fourth-order valence-corrected chi connectivity index (χ4v) is 2.45. The van der Waals surface area contributed by atoms with Gasteiger partial charge in [0.05, 0.1) is 13.2 Å². The van der Waals surface area contributed by atoms with Gasteiger partial charge in [-0.05, 0) is 17.5 Å². The van der Waals surface area contributed by atoms with Crippen molar-refractivity contribution in [1.29, 1.82) is 0 Å². The molecule has 0 saturated carbocycles. The van der Waals surface area contributed by atoms with E-state index in [0.29, 0.717) is 24.4 Å². The predicted octanol–water partition coefficient (Wildman–Crippen LogP) is 0.818. The molecule has 1 aliphatic heterocycles. The Balaban J connectivity index is 2.09. The van der Waals surface area contributed by atoms with Crippen molar-refractivity contribution in [3.8, 4) is 0 Å². The summed E-state index contributed by atoms with van der Waals surface area (Å²) >= 11 is 0. The summed E-state index contributed by atoms with van der Waals surface area (Å²) in [5.74, 6) is -0.442. The molecule has 6 nitrogen and oxygen atoms in total. The molecule has 1 saturated heterocycles. The minimum absolute atomic E-state index is 0.115. The number of carbonyl (C=O) groups is 1. The SMILES string of the molecule is O=C(O)C1COCCN1c1cc2ccccc2c(=O)[nH]1. The monoisotopic (exact) mass is 274 g/mol. The molecule has 2 aromatic rings. The first-order valence-corrected chi connectivity index (χ1v) is 6.36. The summed E-state index contributed by atoms with van der Waals surface area (Å²) < 4.78 is 5.20. The van der Waals surface area contributed by atoms with Crippen molar-refractivity contribution in [1.82, 2.24) is 4.98 Å². The summed E-state index contributed by atoms with van der Waals surface area (Å²) in [6, 6.07) is 8.25. The average Bonchev–Trinajstić information content (AvgIpc) is 2.47. The summed E-state index contributed by atoms with van der Waals surface area (Å²) in [6.07, 6.45) is 0. The number of hydrogen-bond donors (Lipinski definition) is 2. The highest BCUT2D eigenvalue weighted by atomic mass is 16.5. The Morgan fingerprint density at radius 2 is 2.20 bits per heavy atom. The number of aliphatic carboxylic acids is 1. The lowest BCUT2D eigenvalue weighted by molar-refractivity contribution is -0.141. The normalized spacial score (nSPS) is 19.2. The summed E-state index contributed by atoms with van der Waals surface area (Å²) in [6.45, 7) is 0.994. The van der Waals surface area contributed by atoms with Gasteiger partial charge in [-0.25, -0.2) is 4.79 Å². The van der Waals surface area contributed by atoms with Crippen LogP contribution in [0.4, 0.5) is 5.82 Å². The van der Waals surface area contributed by atoms with E-state index in [0.717, 1.165) is 5.39 Å². The zero-order valence-corrected chi connectivity index (χ0v) is 10.7. The first kappa shape index (κ1) is 12.7. The Bertz CT molecular complexity index is 710. The Kier molecular flexibility index (Phi) is 3.15. The van der Waals surface area contributed by atoms with Crippen molar-refractivity contribution in [2.24, 2.45) is 0 Å². The van der Waals surface area contributed by atoms with E-state index in [1.54, 1.807) is 23.1 Å². The van der Waals surface area contributed by atoms with Gasteiger partial charge in [0.2, 0.25) is 0 Å². The molecule has 20 heavy (non-hydrogen) atoms. The van der Waals surface area contributed by atoms with E-state index in [9.17, 15) is 14.7 Å². The van der Waals surface area contributed by atoms with Gasteiger partial charge in [0, 0.05) is 11.9 Å². The van der Waals surface area contributed by atoms with Crippen LogP contribution in [0.5, 0.6) is 0 Å². The number of rotatable bonds is 2. The standard InChI is InChI=1S/C14H14N2O4/c17-13-10-4-2-1-3-9(10)7-12(15-13)16-5-6-20-8-11(16)14(18)19/h1-4,7,11H,5-6,8H2,(H,15,17)(H,18,19). The summed E-state index contributed by atoms with van der Waals surface area (Å²) in [5, 5.41) is 10.6. The van der Waals surface area contributed by atoms with Gasteiger partial charge in [-0.3, -0.25) is 4.79 Å². The Hall–Kier alpha value is -2.34. The second-order valence-corrected chi connectivity index (χ2v) is 4.69. The van der Waals surface area contributed by atoms with Gasteiger partial charge in [0.25, 0.3) is 5.56 Å². The minimum Gasteiger partial charge on any atom is -0.480 e. The third-order valence-electron chi connectivity index (χ3n) is 3.46. The van der Waals surface area contributed by atoms with Gasteiger partial charge in [-0.2, -0.15) is 0 Å². The molecule has 1 fully saturated rings. The first-order valence-electron chi connectivity index (χ1n) is 6.36. The van der Waals surface area contributed by atoms with Crippen molar-refractivity contribution in [2.45, 2.75) is 6.04 Å². The fraction of sp³-hybridized carbons (Fsp3) is 0.286. The smallest absolute Gasteiger partial charge is 0.328 e. The van der Waals surface area contributed by atoms with E-state index in [4.69, 9.17) is 4.74 Å². The molecule has 0 bridgehead atoms. The van der Waals surface area contributed by atoms with Gasteiger partial charge in [0.1, 0.15) is 5.82 Å². The molecule has 2 N–H and O–H groups in total. The van der Waals surface area contributed by atoms with E-state index in [-0.39, 0.29) is 12.2 Å². The molecule has 104 valence electrons. The Labute approximate surface area is 114 Å². The number of nitrogens with zero attached hydrogens (tertiary/aromatic N) is 1. The zero-order chi connectivity index (χ0) is 14.1. The first-order chi connectivity index (χ1) is 9.66. The van der Waals surface area contributed by atoms with Crippen LogP contribution in [0.2, 0.25) is 0 Å². The number of morpholine rings is 1. The molecule has 0 radical (unpaired) electrons. The highest BCUT2D eigenvalue weighted by Crippen LogP contribution is 2.20. The molecular formula is C14H14N2O4. The maximum absolute atomic E-state index is 12.1. The lowest BCUT2D eigenvalue weighted by atomic mass is 10.1. The molecule has 0 amide bonds. The van der Waals surface area contributed by atoms with E-state index < -0.39 is 12.0 Å². The molecule has 0 spiro atoms. The van der Waals surface area contributed by atoms with Crippen LogP contribution in [-0.2, 0) is 9.53 Å². The average molecular weight is 274 g/mol. The van der Waals surface area contributed by atoms with Crippen LogP contribution in [0.15, 0.2) is 35.1 Å². The highest BCUT2D eigenvalue weighted by molar-refractivity contribution is 5.85. The molecule has 1 aliphatic rings. The van der Waals surface area contributed by atoms with Crippen LogP contribution < -0.4 is 10.5 Å². The van der Waals surface area contributed by atoms with E-state index >= 15 is 0 Å². The predicted molar refractivity (Wildman–Crippen MR) is 74.2 cm³/mol. The molecule has 2 heterocycles. The third kappa shape index (κ3) is 2.14. The molecule has 1 atom stereocenters. The van der Waals surface area contributed by atoms with E-state index in [1.807, 2.05) is 12.1 Å². The molecule has 3 rings (SSSR count). The van der Waals surface area contributed by atoms with E-state index in [2.05, 4.69) is 4.98 Å². The lowest BCUT2D eigenvalue weighted by Crippen LogP contribution is -2.50. The maximum atomic E-state index is 12.1. The van der Waals surface area contributed by atoms with Gasteiger partial charge in [0.15, 0.2) is 6.04 Å². The molecule has 1 unspecified atom stereocenters. The van der Waals surface area contributed by atoms with Crippen LogP contribution in [0.1, 0.15) is 0 Å². The number of aromatic amines is 1. The number of fused-ring (bicyclic) bond motifs is 1. The van der Waals surface area contributed by atoms with Crippen molar-refractivity contribution in [3.05, 3.63) is 40.7 Å². The number of ether oxygens (including phenoxy) is 1. The number of aromatic nitrogens is 1. The number of anilines is 1. The Morgan fingerprint density at radius 1 is 1.40 bits per heavy atom. The number of pyridine rings is 1. The number of H-pyrrole nitrogens is 1.